The second-order valence-corrected chi connectivity index (χ2v) is 21.5. The number of cyclic esters (lactones) is 1. The molecule has 1 unspecified atom stereocenters. The van der Waals surface area contributed by atoms with E-state index in [0.717, 1.165) is 24.8 Å². The minimum absolute atomic E-state index is 0.00871. The van der Waals surface area contributed by atoms with Crippen LogP contribution in [0.2, 0.25) is 0 Å². The van der Waals surface area contributed by atoms with E-state index >= 15 is 0 Å². The Bertz CT molecular complexity index is 2170. The molecule has 2 saturated heterocycles. The van der Waals surface area contributed by atoms with Crippen LogP contribution in [0.1, 0.15) is 142 Å². The average molecular weight is 1030 g/mol. The van der Waals surface area contributed by atoms with E-state index < -0.39 is 83.7 Å². The Hall–Kier alpha value is -4.71. The zero-order valence-corrected chi connectivity index (χ0v) is 45.3. The van der Waals surface area contributed by atoms with Crippen LogP contribution in [0.5, 0.6) is 0 Å². The maximum atomic E-state index is 14.6. The lowest BCUT2D eigenvalue weighted by Crippen LogP contribution is -2.61. The third-order valence-electron chi connectivity index (χ3n) is 15.6. The van der Waals surface area contributed by atoms with Crippen molar-refractivity contribution < 1.29 is 67.4 Å². The van der Waals surface area contributed by atoms with Crippen molar-refractivity contribution in [1.29, 1.82) is 0 Å². The number of hydrogen-bond acceptors (Lipinski definition) is 15. The molecule has 4 heterocycles. The number of piperidine rings is 1. The number of amides is 1. The van der Waals surface area contributed by atoms with Crippen molar-refractivity contribution in [2.75, 3.05) is 34.0 Å². The van der Waals surface area contributed by atoms with Gasteiger partial charge in [-0.1, -0.05) is 83.9 Å². The first-order chi connectivity index (χ1) is 35.3. The first-order valence-electron chi connectivity index (χ1n) is 26.9. The molecule has 74 heavy (non-hydrogen) atoms. The number of aromatic nitrogens is 1. The first kappa shape index (κ1) is 60.2. The van der Waals surface area contributed by atoms with Gasteiger partial charge in [0.05, 0.1) is 30.5 Å². The Kier molecular flexibility index (Phi) is 23.6. The van der Waals surface area contributed by atoms with Crippen LogP contribution in [-0.4, -0.2) is 138 Å². The number of nitrogens with zero attached hydrogens (tertiary/aromatic N) is 2. The van der Waals surface area contributed by atoms with Gasteiger partial charge >= 0.3 is 11.9 Å². The fourth-order valence-corrected chi connectivity index (χ4v) is 11.0. The number of methoxy groups -OCH3 is 2. The van der Waals surface area contributed by atoms with E-state index in [1.165, 1.54) is 18.2 Å². The van der Waals surface area contributed by atoms with Crippen LogP contribution >= 0.6 is 0 Å². The third kappa shape index (κ3) is 16.6. The van der Waals surface area contributed by atoms with E-state index in [0.29, 0.717) is 62.5 Å². The van der Waals surface area contributed by atoms with E-state index in [-0.39, 0.29) is 68.0 Å². The van der Waals surface area contributed by atoms with Crippen LogP contribution in [-0.2, 0) is 52.4 Å². The van der Waals surface area contributed by atoms with Crippen molar-refractivity contribution in [3.8, 4) is 0 Å². The molecule has 0 spiro atoms. The zero-order chi connectivity index (χ0) is 54.1. The minimum atomic E-state index is -2.44. The van der Waals surface area contributed by atoms with Gasteiger partial charge in [0, 0.05) is 63.8 Å². The molecule has 3 aliphatic heterocycles. The second-order valence-electron chi connectivity index (χ2n) is 21.5. The van der Waals surface area contributed by atoms with Gasteiger partial charge in [-0.25, -0.2) is 9.59 Å². The molecule has 5 rings (SSSR count). The minimum Gasteiger partial charge on any atom is -0.460 e. The Morgan fingerprint density at radius 2 is 1.68 bits per heavy atom. The SMILES string of the molecule is CO[C@H]1C[C@@H]2CC[C@@H](C)[C@@](O)(O2)C(=O)C(=O)N2CCCC[C@H]2C(=O)O[C@H]([C@H](C)CC2CCC[C@H](OCCOC(=O)c3cccnc3)C2)CC(=O)[C@H](C)/C=C(\C)[C@@H](O)[C@@H](OC)C(=O)[C@H](C)C[C@H](C)/C=C/C=C/C=C/1C. The Balaban J connectivity index is 1.40. The summed E-state index contributed by atoms with van der Waals surface area (Å²) in [5.74, 6) is -8.51. The lowest BCUT2D eigenvalue weighted by molar-refractivity contribution is -0.265. The van der Waals surface area contributed by atoms with E-state index in [1.54, 1.807) is 52.3 Å². The number of carbonyl (C=O) groups is 6. The maximum Gasteiger partial charge on any atom is 0.339 e. The number of allylic oxidation sites excluding steroid dienone is 6. The van der Waals surface area contributed by atoms with Crippen molar-refractivity contribution in [1.82, 2.24) is 9.88 Å². The molecule has 1 aromatic heterocycles. The standard InChI is InChI=1S/C58H84N2O14/c1-36-17-11-10-12-18-37(2)49(69-8)33-46-24-23-42(7)58(68,74-46)54(64)55(65)60-26-14-13-22-47(60)57(67)73-50(34-48(61)38(3)30-41(6)52(63)53(70-9)51(62)40(5)29-36)39(4)31-43-19-15-21-45(32-43)71-27-28-72-56(66)44-20-16-25-59-35-44/h10-12,16-18,20,25,30,35-36,38-40,42-43,45-47,49-50,52-53,63,68H,13-15,19,21-24,26-29,31-34H2,1-9H3/b12-10+,17-11+,37-18+,41-30+/t36-,38-,39-,40-,42-,43?,45+,46+,47+,49+,50+,52-,53+,58-/m1/s1. The molecule has 2 N–H and O–H groups in total. The van der Waals surface area contributed by atoms with E-state index in [9.17, 15) is 39.0 Å². The highest BCUT2D eigenvalue weighted by Crippen LogP contribution is 2.38. The van der Waals surface area contributed by atoms with Gasteiger partial charge in [0.2, 0.25) is 5.79 Å². The Morgan fingerprint density at radius 3 is 2.39 bits per heavy atom. The van der Waals surface area contributed by atoms with E-state index in [2.05, 4.69) is 4.98 Å². The fourth-order valence-electron chi connectivity index (χ4n) is 11.0. The maximum absolute atomic E-state index is 14.6. The molecular weight excluding hydrogens is 949 g/mol. The molecule has 1 saturated carbocycles. The molecule has 1 aliphatic carbocycles. The number of aliphatic hydroxyl groups is 2. The molecule has 0 aromatic carbocycles. The van der Waals surface area contributed by atoms with Crippen LogP contribution in [0, 0.1) is 35.5 Å². The van der Waals surface area contributed by atoms with Gasteiger partial charge in [-0.15, -0.1) is 0 Å². The third-order valence-corrected chi connectivity index (χ3v) is 15.6. The molecule has 14 atom stereocenters. The number of pyridine rings is 1. The summed E-state index contributed by atoms with van der Waals surface area (Å²) in [6.45, 7) is 13.1. The van der Waals surface area contributed by atoms with Crippen LogP contribution in [0.15, 0.2) is 72.1 Å². The van der Waals surface area contributed by atoms with Gasteiger partial charge in [-0.05, 0) is 113 Å². The molecule has 2 bridgehead atoms. The average Bonchev–Trinajstić information content (AvgIpc) is 3.39. The smallest absolute Gasteiger partial charge is 0.339 e. The van der Waals surface area contributed by atoms with Gasteiger partial charge in [-0.3, -0.25) is 24.2 Å². The Labute approximate surface area is 438 Å². The van der Waals surface area contributed by atoms with Gasteiger partial charge in [0.15, 0.2) is 5.78 Å². The van der Waals surface area contributed by atoms with Crippen molar-refractivity contribution >= 4 is 35.2 Å². The highest BCUT2D eigenvalue weighted by Gasteiger charge is 2.53. The summed E-state index contributed by atoms with van der Waals surface area (Å²) >= 11 is 0. The summed E-state index contributed by atoms with van der Waals surface area (Å²) in [6, 6.07) is 2.14. The van der Waals surface area contributed by atoms with Crippen molar-refractivity contribution in [3.05, 3.63) is 77.7 Å². The summed E-state index contributed by atoms with van der Waals surface area (Å²) in [7, 11) is 2.95. The quantitative estimate of drug-likeness (QED) is 0.0989. The molecule has 1 amide bonds. The largest absolute Gasteiger partial charge is 0.460 e. The number of aliphatic hydroxyl groups excluding tert-OH is 1. The lowest BCUT2D eigenvalue weighted by atomic mass is 9.79. The Morgan fingerprint density at radius 1 is 0.905 bits per heavy atom. The summed E-state index contributed by atoms with van der Waals surface area (Å²) in [4.78, 5) is 88.9. The number of esters is 2. The molecule has 3 fully saturated rings. The lowest BCUT2D eigenvalue weighted by Gasteiger charge is -2.42. The normalized spacial score (nSPS) is 35.8. The molecular formula is C58H84N2O14. The van der Waals surface area contributed by atoms with Crippen LogP contribution in [0.3, 0.4) is 0 Å². The summed E-state index contributed by atoms with van der Waals surface area (Å²) in [5, 5.41) is 23.5. The summed E-state index contributed by atoms with van der Waals surface area (Å²) < 4.78 is 35.6. The van der Waals surface area contributed by atoms with Gasteiger partial charge in [0.25, 0.3) is 11.7 Å². The number of hydrogen-bond donors (Lipinski definition) is 2. The molecule has 4 aliphatic rings. The molecule has 0 radical (unpaired) electrons. The molecule has 1 aromatic rings. The van der Waals surface area contributed by atoms with Crippen molar-refractivity contribution in [2.24, 2.45) is 35.5 Å². The number of ether oxygens (including phenoxy) is 6. The summed E-state index contributed by atoms with van der Waals surface area (Å²) in [5.41, 5.74) is 1.61. The monoisotopic (exact) mass is 1030 g/mol. The predicted molar refractivity (Wildman–Crippen MR) is 277 cm³/mol. The van der Waals surface area contributed by atoms with Crippen molar-refractivity contribution in [3.63, 3.8) is 0 Å². The number of fused-ring (bicyclic) bond motifs is 3. The van der Waals surface area contributed by atoms with E-state index in [1.807, 2.05) is 58.1 Å². The van der Waals surface area contributed by atoms with E-state index in [4.69, 9.17) is 28.4 Å². The van der Waals surface area contributed by atoms with Gasteiger partial charge in [-0.2, -0.15) is 0 Å². The first-order valence-corrected chi connectivity index (χ1v) is 26.9. The van der Waals surface area contributed by atoms with Crippen LogP contribution in [0.4, 0.5) is 0 Å². The molecule has 410 valence electrons. The topological polar surface area (TPSA) is 214 Å². The number of Topliss-reactive ketones (excluding diaryl/α,β-unsaturated/α-hetero) is 3. The van der Waals surface area contributed by atoms with Crippen LogP contribution < -0.4 is 0 Å². The zero-order valence-electron chi connectivity index (χ0n) is 45.3. The van der Waals surface area contributed by atoms with Crippen molar-refractivity contribution in [2.45, 2.75) is 180 Å². The fraction of sp³-hybridized carbons (Fsp3) is 0.672. The van der Waals surface area contributed by atoms with Gasteiger partial charge < -0.3 is 43.5 Å². The second kappa shape index (κ2) is 29.0. The van der Waals surface area contributed by atoms with Crippen LogP contribution in [0.25, 0.3) is 0 Å². The highest BCUT2D eigenvalue weighted by atomic mass is 16.6. The predicted octanol–water partition coefficient (Wildman–Crippen LogP) is 7.83. The molecule has 16 heteroatoms. The number of ketones is 3. The van der Waals surface area contributed by atoms with Gasteiger partial charge in [0.1, 0.15) is 36.7 Å². The molecule has 16 nitrogen and oxygen atoms in total. The highest BCUT2D eigenvalue weighted by molar-refractivity contribution is 6.39. The number of carbonyl (C=O) groups excluding carboxylic acids is 6. The number of rotatable bonds is 10. The summed E-state index contributed by atoms with van der Waals surface area (Å²) in [6.07, 6.45) is 16.4.